The van der Waals surface area contributed by atoms with Crippen LogP contribution in [0.1, 0.15) is 34.1 Å². The fourth-order valence-electron chi connectivity index (χ4n) is 4.47. The summed E-state index contributed by atoms with van der Waals surface area (Å²) in [6.45, 7) is 7.83. The van der Waals surface area contributed by atoms with E-state index in [1.165, 1.54) is 11.2 Å². The van der Waals surface area contributed by atoms with Crippen LogP contribution in [0.15, 0.2) is 42.5 Å². The summed E-state index contributed by atoms with van der Waals surface area (Å²) in [4.78, 5) is 28.4. The molecular weight excluding hydrogens is 442 g/mol. The van der Waals surface area contributed by atoms with Gasteiger partial charge in [-0.15, -0.1) is 0 Å². The summed E-state index contributed by atoms with van der Waals surface area (Å²) in [7, 11) is -3.24. The third-order valence-corrected chi connectivity index (χ3v) is 7.77. The van der Waals surface area contributed by atoms with E-state index in [0.29, 0.717) is 36.6 Å². The minimum atomic E-state index is -3.24. The molecule has 0 radical (unpaired) electrons. The molecule has 1 saturated heterocycles. The molecule has 0 spiro atoms. The first-order chi connectivity index (χ1) is 15.6. The van der Waals surface area contributed by atoms with Crippen LogP contribution in [-0.4, -0.2) is 51.4 Å². The first-order valence-electron chi connectivity index (χ1n) is 11.1. The Balaban J connectivity index is 1.72. The van der Waals surface area contributed by atoms with Crippen LogP contribution in [0.3, 0.4) is 0 Å². The van der Waals surface area contributed by atoms with Crippen molar-refractivity contribution in [2.45, 2.75) is 46.3 Å². The number of ether oxygens (including phenoxy) is 1. The third-order valence-electron chi connectivity index (χ3n) is 5.90. The van der Waals surface area contributed by atoms with E-state index in [2.05, 4.69) is 0 Å². The second kappa shape index (κ2) is 8.70. The van der Waals surface area contributed by atoms with E-state index < -0.39 is 16.1 Å². The number of amides is 2. The highest BCUT2D eigenvalue weighted by Crippen LogP contribution is 2.39. The Labute approximate surface area is 194 Å². The minimum absolute atomic E-state index is 0.0930. The zero-order valence-electron chi connectivity index (χ0n) is 19.3. The monoisotopic (exact) mass is 471 g/mol. The van der Waals surface area contributed by atoms with Crippen molar-refractivity contribution < 1.29 is 22.7 Å². The third kappa shape index (κ3) is 4.42. The first-order valence-corrected chi connectivity index (χ1v) is 12.7. The molecule has 176 valence electrons. The Morgan fingerprint density at radius 3 is 2.27 bits per heavy atom. The van der Waals surface area contributed by atoms with Crippen molar-refractivity contribution in [1.29, 1.82) is 0 Å². The van der Waals surface area contributed by atoms with Gasteiger partial charge < -0.3 is 9.64 Å². The topological polar surface area (TPSA) is 87.2 Å². The van der Waals surface area contributed by atoms with Crippen LogP contribution in [0.5, 0.6) is 0 Å². The van der Waals surface area contributed by atoms with Crippen LogP contribution in [0.25, 0.3) is 11.1 Å². The number of hydrogen-bond donors (Lipinski definition) is 0. The lowest BCUT2D eigenvalue weighted by molar-refractivity contribution is -0.117. The maximum atomic E-state index is 12.8. The molecule has 9 heteroatoms. The molecule has 2 aliphatic heterocycles. The molecule has 0 N–H and O–H groups in total. The van der Waals surface area contributed by atoms with Crippen molar-refractivity contribution in [3.05, 3.63) is 42.5 Å². The largest absolute Gasteiger partial charge is 0.446 e. The average Bonchev–Trinajstić information content (AvgIpc) is 3.11. The molecule has 0 aliphatic carbocycles. The summed E-state index contributed by atoms with van der Waals surface area (Å²) in [5.41, 5.74) is 3.64. The van der Waals surface area contributed by atoms with E-state index in [4.69, 9.17) is 4.74 Å². The van der Waals surface area contributed by atoms with Gasteiger partial charge in [0.25, 0.3) is 0 Å². The number of anilines is 3. The first kappa shape index (κ1) is 23.1. The van der Waals surface area contributed by atoms with E-state index in [1.807, 2.05) is 37.3 Å². The standard InChI is InChI=1S/C24H29N3O5S/c1-16(2)32-24(29)25-15-17(3)27(18(4)28)22-11-8-20(14-23(22)25)19-6-9-21(10-7-19)26-12-5-13-33(26,30)31/h6-11,14,16-17H,5,12-13,15H2,1-4H3. The lowest BCUT2D eigenvalue weighted by Gasteiger charge is -2.40. The predicted molar refractivity (Wildman–Crippen MR) is 129 cm³/mol. The molecule has 1 fully saturated rings. The second-order valence-electron chi connectivity index (χ2n) is 8.77. The van der Waals surface area contributed by atoms with Crippen molar-refractivity contribution in [2.75, 3.05) is 32.9 Å². The van der Waals surface area contributed by atoms with Crippen molar-refractivity contribution in [3.63, 3.8) is 0 Å². The normalized spacial score (nSPS) is 19.5. The maximum Gasteiger partial charge on any atom is 0.414 e. The zero-order chi connectivity index (χ0) is 23.9. The summed E-state index contributed by atoms with van der Waals surface area (Å²) in [6.07, 6.45) is -0.0878. The van der Waals surface area contributed by atoms with Crippen LogP contribution in [0.2, 0.25) is 0 Å². The second-order valence-corrected chi connectivity index (χ2v) is 10.8. The van der Waals surface area contributed by atoms with Gasteiger partial charge in [-0.25, -0.2) is 13.2 Å². The maximum absolute atomic E-state index is 12.8. The quantitative estimate of drug-likeness (QED) is 0.675. The van der Waals surface area contributed by atoms with Gasteiger partial charge in [-0.1, -0.05) is 18.2 Å². The summed E-state index contributed by atoms with van der Waals surface area (Å²) in [6, 6.07) is 12.8. The van der Waals surface area contributed by atoms with Gasteiger partial charge in [0.1, 0.15) is 0 Å². The molecule has 0 bridgehead atoms. The minimum Gasteiger partial charge on any atom is -0.446 e. The van der Waals surface area contributed by atoms with Crippen LogP contribution in [0, 0.1) is 0 Å². The molecule has 2 aliphatic rings. The smallest absolute Gasteiger partial charge is 0.414 e. The van der Waals surface area contributed by atoms with Gasteiger partial charge in [-0.3, -0.25) is 14.0 Å². The molecule has 1 unspecified atom stereocenters. The van der Waals surface area contributed by atoms with E-state index >= 15 is 0 Å². The van der Waals surface area contributed by atoms with Gasteiger partial charge in [0.05, 0.1) is 35.0 Å². The summed E-state index contributed by atoms with van der Waals surface area (Å²) in [5, 5.41) is 0. The van der Waals surface area contributed by atoms with Gasteiger partial charge in [-0.05, 0) is 62.6 Å². The van der Waals surface area contributed by atoms with Crippen LogP contribution >= 0.6 is 0 Å². The molecule has 2 aromatic rings. The number of nitrogens with zero attached hydrogens (tertiary/aromatic N) is 3. The van der Waals surface area contributed by atoms with Crippen molar-refractivity contribution in [3.8, 4) is 11.1 Å². The number of fused-ring (bicyclic) bond motifs is 1. The SMILES string of the molecule is CC(=O)N1c2ccc(-c3ccc(N4CCCS4(=O)=O)cc3)cc2N(C(=O)OC(C)C)CC1C. The van der Waals surface area contributed by atoms with E-state index in [9.17, 15) is 18.0 Å². The molecule has 2 heterocycles. The zero-order valence-corrected chi connectivity index (χ0v) is 20.1. The molecule has 33 heavy (non-hydrogen) atoms. The highest BCUT2D eigenvalue weighted by molar-refractivity contribution is 7.93. The lowest BCUT2D eigenvalue weighted by atomic mass is 10.0. The molecule has 4 rings (SSSR count). The molecular formula is C24H29N3O5S. The fraction of sp³-hybridized carbons (Fsp3) is 0.417. The van der Waals surface area contributed by atoms with Gasteiger partial charge in [0.15, 0.2) is 0 Å². The Hall–Kier alpha value is -3.07. The number of carbonyl (C=O) groups is 2. The van der Waals surface area contributed by atoms with Crippen LogP contribution in [0.4, 0.5) is 21.9 Å². The van der Waals surface area contributed by atoms with E-state index in [-0.39, 0.29) is 23.8 Å². The highest BCUT2D eigenvalue weighted by Gasteiger charge is 2.35. The fourth-order valence-corrected chi connectivity index (χ4v) is 6.04. The van der Waals surface area contributed by atoms with E-state index in [1.54, 1.807) is 35.8 Å². The molecule has 2 aromatic carbocycles. The Morgan fingerprint density at radius 1 is 1.03 bits per heavy atom. The van der Waals surface area contributed by atoms with Crippen LogP contribution in [-0.2, 0) is 19.6 Å². The lowest BCUT2D eigenvalue weighted by Crippen LogP contribution is -2.51. The summed E-state index contributed by atoms with van der Waals surface area (Å²) >= 11 is 0. The van der Waals surface area contributed by atoms with Gasteiger partial charge in [0.2, 0.25) is 15.9 Å². The number of benzene rings is 2. The van der Waals surface area contributed by atoms with Gasteiger partial charge >= 0.3 is 6.09 Å². The Kier molecular flexibility index (Phi) is 6.09. The Morgan fingerprint density at radius 2 is 1.70 bits per heavy atom. The molecule has 2 amide bonds. The number of sulfonamides is 1. The van der Waals surface area contributed by atoms with Crippen molar-refractivity contribution in [1.82, 2.24) is 0 Å². The number of carbonyl (C=O) groups excluding carboxylic acids is 2. The van der Waals surface area contributed by atoms with Gasteiger partial charge in [0, 0.05) is 20.0 Å². The highest BCUT2D eigenvalue weighted by atomic mass is 32.2. The Bertz CT molecular complexity index is 1180. The van der Waals surface area contributed by atoms with Gasteiger partial charge in [-0.2, -0.15) is 0 Å². The molecule has 8 nitrogen and oxygen atoms in total. The van der Waals surface area contributed by atoms with Crippen LogP contribution < -0.4 is 14.1 Å². The number of rotatable bonds is 3. The molecule has 0 aromatic heterocycles. The van der Waals surface area contributed by atoms with Crippen molar-refractivity contribution in [2.24, 2.45) is 0 Å². The average molecular weight is 472 g/mol. The predicted octanol–water partition coefficient (Wildman–Crippen LogP) is 4.00. The number of hydrogen-bond acceptors (Lipinski definition) is 5. The molecule has 1 atom stereocenters. The molecule has 0 saturated carbocycles. The summed E-state index contributed by atoms with van der Waals surface area (Å²) < 4.78 is 31.3. The van der Waals surface area contributed by atoms with Crippen molar-refractivity contribution >= 4 is 39.1 Å². The van der Waals surface area contributed by atoms with E-state index in [0.717, 1.165) is 11.1 Å². The summed E-state index contributed by atoms with van der Waals surface area (Å²) in [5.74, 6) is 0.0806.